The molecule has 0 saturated heterocycles. The molecule has 5 nitrogen and oxygen atoms in total. The molecule has 0 aliphatic rings. The molecule has 1 heterocycles. The molecule has 0 fully saturated rings. The molecule has 1 N–H and O–H groups in total. The van der Waals surface area contributed by atoms with Crippen LogP contribution in [0.3, 0.4) is 0 Å². The third-order valence-corrected chi connectivity index (χ3v) is 5.52. The van der Waals surface area contributed by atoms with E-state index >= 15 is 0 Å². The number of carbonyl (C=O) groups is 2. The van der Waals surface area contributed by atoms with Crippen molar-refractivity contribution in [1.82, 2.24) is 9.88 Å². The van der Waals surface area contributed by atoms with E-state index in [2.05, 4.69) is 10.3 Å². The van der Waals surface area contributed by atoms with Crippen molar-refractivity contribution in [1.29, 1.82) is 0 Å². The molecule has 0 bridgehead atoms. The van der Waals surface area contributed by atoms with Crippen LogP contribution in [0.5, 0.6) is 0 Å². The van der Waals surface area contributed by atoms with E-state index in [4.69, 9.17) is 0 Å². The molecule has 3 rings (SSSR count). The van der Waals surface area contributed by atoms with Crippen molar-refractivity contribution in [2.45, 2.75) is 20.8 Å². The SMILES string of the molecule is Cc1ccc(-c2nc(C(=O)N(C)CC(=O)Nc3cccc(C)c3C)cs2)cc1. The van der Waals surface area contributed by atoms with Gasteiger partial charge in [0.25, 0.3) is 5.91 Å². The molecule has 28 heavy (non-hydrogen) atoms. The smallest absolute Gasteiger partial charge is 0.273 e. The second-order valence-electron chi connectivity index (χ2n) is 6.86. The lowest BCUT2D eigenvalue weighted by atomic mass is 10.1. The highest BCUT2D eigenvalue weighted by molar-refractivity contribution is 7.13. The van der Waals surface area contributed by atoms with Gasteiger partial charge < -0.3 is 10.2 Å². The Labute approximate surface area is 169 Å². The molecule has 6 heteroatoms. The van der Waals surface area contributed by atoms with Gasteiger partial charge in [0.2, 0.25) is 5.91 Å². The fourth-order valence-electron chi connectivity index (χ4n) is 2.76. The third-order valence-electron chi connectivity index (χ3n) is 4.63. The van der Waals surface area contributed by atoms with Crippen LogP contribution in [0.15, 0.2) is 47.8 Å². The van der Waals surface area contributed by atoms with E-state index in [1.54, 1.807) is 12.4 Å². The van der Waals surface area contributed by atoms with E-state index < -0.39 is 0 Å². The quantitative estimate of drug-likeness (QED) is 0.697. The molecule has 0 saturated carbocycles. The fraction of sp³-hybridized carbons (Fsp3) is 0.227. The van der Waals surface area contributed by atoms with E-state index in [0.29, 0.717) is 5.69 Å². The highest BCUT2D eigenvalue weighted by Crippen LogP contribution is 2.24. The lowest BCUT2D eigenvalue weighted by Crippen LogP contribution is -2.35. The molecule has 144 valence electrons. The number of hydrogen-bond donors (Lipinski definition) is 1. The summed E-state index contributed by atoms with van der Waals surface area (Å²) < 4.78 is 0. The largest absolute Gasteiger partial charge is 0.331 e. The van der Waals surface area contributed by atoms with Crippen molar-refractivity contribution in [2.24, 2.45) is 0 Å². The molecule has 2 amide bonds. The van der Waals surface area contributed by atoms with Crippen molar-refractivity contribution in [3.63, 3.8) is 0 Å². The van der Waals surface area contributed by atoms with Gasteiger partial charge >= 0.3 is 0 Å². The van der Waals surface area contributed by atoms with Crippen LogP contribution in [0.4, 0.5) is 5.69 Å². The second-order valence-corrected chi connectivity index (χ2v) is 7.72. The first-order chi connectivity index (χ1) is 13.3. The van der Waals surface area contributed by atoms with Gasteiger partial charge in [0.05, 0.1) is 6.54 Å². The molecule has 0 atom stereocenters. The summed E-state index contributed by atoms with van der Waals surface area (Å²) in [7, 11) is 1.61. The number of likely N-dealkylation sites (N-methyl/N-ethyl adjacent to an activating group) is 1. The number of nitrogens with zero attached hydrogens (tertiary/aromatic N) is 2. The molecular weight excluding hydrogens is 370 g/mol. The number of carbonyl (C=O) groups excluding carboxylic acids is 2. The number of aromatic nitrogens is 1. The molecular formula is C22H23N3O2S. The normalized spacial score (nSPS) is 10.6. The van der Waals surface area contributed by atoms with Crippen molar-refractivity contribution >= 4 is 28.8 Å². The van der Waals surface area contributed by atoms with E-state index in [-0.39, 0.29) is 18.4 Å². The topological polar surface area (TPSA) is 62.3 Å². The summed E-state index contributed by atoms with van der Waals surface area (Å²) in [5.74, 6) is -0.510. The summed E-state index contributed by atoms with van der Waals surface area (Å²) in [4.78, 5) is 30.8. The van der Waals surface area contributed by atoms with E-state index in [0.717, 1.165) is 27.4 Å². The Balaban J connectivity index is 1.65. The zero-order valence-corrected chi connectivity index (χ0v) is 17.3. The molecule has 0 unspecified atom stereocenters. The number of benzene rings is 2. The van der Waals surface area contributed by atoms with Crippen LogP contribution < -0.4 is 5.32 Å². The first-order valence-corrected chi connectivity index (χ1v) is 9.87. The standard InChI is InChI=1S/C22H23N3O2S/c1-14-8-10-17(11-9-14)21-24-19(13-28-21)22(27)25(4)12-20(26)23-18-7-5-6-15(2)16(18)3/h5-11,13H,12H2,1-4H3,(H,23,26). The van der Waals surface area contributed by atoms with Gasteiger partial charge in [-0.3, -0.25) is 9.59 Å². The van der Waals surface area contributed by atoms with Crippen LogP contribution in [0.2, 0.25) is 0 Å². The van der Waals surface area contributed by atoms with Gasteiger partial charge in [-0.1, -0.05) is 42.0 Å². The highest BCUT2D eigenvalue weighted by atomic mass is 32.1. The van der Waals surface area contributed by atoms with Crippen molar-refractivity contribution in [2.75, 3.05) is 18.9 Å². The van der Waals surface area contributed by atoms with Gasteiger partial charge in [0.1, 0.15) is 10.7 Å². The van der Waals surface area contributed by atoms with E-state index in [1.807, 2.05) is 63.2 Å². The molecule has 0 aliphatic heterocycles. The summed E-state index contributed by atoms with van der Waals surface area (Å²) in [5.41, 5.74) is 5.39. The number of amides is 2. The monoisotopic (exact) mass is 393 g/mol. The van der Waals surface area contributed by atoms with Crippen LogP contribution in [0, 0.1) is 20.8 Å². The van der Waals surface area contributed by atoms with Gasteiger partial charge in [-0.05, 0) is 38.0 Å². The van der Waals surface area contributed by atoms with Crippen molar-refractivity contribution in [3.8, 4) is 10.6 Å². The predicted molar refractivity (Wildman–Crippen MR) is 114 cm³/mol. The number of aryl methyl sites for hydroxylation is 2. The van der Waals surface area contributed by atoms with Gasteiger partial charge in [0, 0.05) is 23.7 Å². The van der Waals surface area contributed by atoms with Crippen molar-refractivity contribution < 1.29 is 9.59 Å². The van der Waals surface area contributed by atoms with Gasteiger partial charge in [-0.25, -0.2) is 4.98 Å². The zero-order valence-electron chi connectivity index (χ0n) is 16.4. The average Bonchev–Trinajstić information content (AvgIpc) is 3.15. The Morgan fingerprint density at radius 3 is 2.50 bits per heavy atom. The lowest BCUT2D eigenvalue weighted by Gasteiger charge is -2.16. The Kier molecular flexibility index (Phi) is 5.90. The predicted octanol–water partition coefficient (Wildman–Crippen LogP) is 4.45. The Bertz CT molecular complexity index is 1010. The number of rotatable bonds is 5. The molecule has 0 radical (unpaired) electrons. The number of anilines is 1. The Hall–Kier alpha value is -2.99. The molecule has 2 aromatic carbocycles. The maximum Gasteiger partial charge on any atom is 0.273 e. The van der Waals surface area contributed by atoms with Crippen LogP contribution in [0.1, 0.15) is 27.2 Å². The van der Waals surface area contributed by atoms with Crippen LogP contribution >= 0.6 is 11.3 Å². The first-order valence-electron chi connectivity index (χ1n) is 8.99. The van der Waals surface area contributed by atoms with Gasteiger partial charge in [-0.15, -0.1) is 11.3 Å². The molecule has 3 aromatic rings. The highest BCUT2D eigenvalue weighted by Gasteiger charge is 2.19. The molecule has 1 aromatic heterocycles. The fourth-order valence-corrected chi connectivity index (χ4v) is 3.56. The second kappa shape index (κ2) is 8.35. The van der Waals surface area contributed by atoms with E-state index in [1.165, 1.54) is 21.8 Å². The average molecular weight is 394 g/mol. The van der Waals surface area contributed by atoms with Crippen LogP contribution in [0.25, 0.3) is 10.6 Å². The van der Waals surface area contributed by atoms with Gasteiger partial charge in [-0.2, -0.15) is 0 Å². The summed E-state index contributed by atoms with van der Waals surface area (Å²) in [5, 5.41) is 5.40. The number of hydrogen-bond acceptors (Lipinski definition) is 4. The summed E-state index contributed by atoms with van der Waals surface area (Å²) in [6.07, 6.45) is 0. The van der Waals surface area contributed by atoms with Crippen LogP contribution in [-0.4, -0.2) is 35.3 Å². The molecule has 0 aliphatic carbocycles. The maximum atomic E-state index is 12.6. The van der Waals surface area contributed by atoms with Gasteiger partial charge in [0.15, 0.2) is 0 Å². The number of thiazole rings is 1. The maximum absolute atomic E-state index is 12.6. The third kappa shape index (κ3) is 4.46. The zero-order chi connectivity index (χ0) is 20.3. The van der Waals surface area contributed by atoms with E-state index in [9.17, 15) is 9.59 Å². The lowest BCUT2D eigenvalue weighted by molar-refractivity contribution is -0.116. The summed E-state index contributed by atoms with van der Waals surface area (Å²) in [6, 6.07) is 13.8. The summed E-state index contributed by atoms with van der Waals surface area (Å²) in [6.45, 7) is 5.94. The molecule has 0 spiro atoms. The Morgan fingerprint density at radius 2 is 1.79 bits per heavy atom. The van der Waals surface area contributed by atoms with Crippen LogP contribution in [-0.2, 0) is 4.79 Å². The van der Waals surface area contributed by atoms with Crippen molar-refractivity contribution in [3.05, 3.63) is 70.2 Å². The minimum atomic E-state index is -0.272. The number of nitrogens with one attached hydrogen (secondary N) is 1. The first kappa shape index (κ1) is 19.8. The summed E-state index contributed by atoms with van der Waals surface area (Å²) >= 11 is 1.42. The minimum absolute atomic E-state index is 0.0381. The minimum Gasteiger partial charge on any atom is -0.331 e. The Morgan fingerprint density at radius 1 is 1.07 bits per heavy atom.